The summed E-state index contributed by atoms with van der Waals surface area (Å²) in [6.45, 7) is 6.29. The minimum Gasteiger partial charge on any atom is -0.410 e. The first-order valence-electron chi connectivity index (χ1n) is 14.2. The van der Waals surface area contributed by atoms with E-state index in [0.29, 0.717) is 6.10 Å². The molecular formula is C22H33BF12O13S4Si2. The highest BCUT2D eigenvalue weighted by molar-refractivity contribution is 7.93. The Hall–Kier alpha value is -1.65. The number of alkyl halides is 12. The Morgan fingerprint density at radius 3 is 1.17 bits per heavy atom. The van der Waals surface area contributed by atoms with Crippen LogP contribution >= 0.6 is 0 Å². The van der Waals surface area contributed by atoms with Crippen LogP contribution in [0.15, 0.2) is 30.3 Å². The van der Waals surface area contributed by atoms with Gasteiger partial charge in [0.1, 0.15) is 6.42 Å². The predicted octanol–water partition coefficient (Wildman–Crippen LogP) is 6.66. The van der Waals surface area contributed by atoms with Crippen molar-refractivity contribution in [2.45, 2.75) is 92.7 Å². The van der Waals surface area contributed by atoms with Gasteiger partial charge in [-0.2, -0.15) is 86.4 Å². The maximum atomic E-state index is 12.4. The molecule has 0 aromatic heterocycles. The Bertz CT molecular complexity index is 1620. The van der Waals surface area contributed by atoms with Gasteiger partial charge >= 0.3 is 69.5 Å². The van der Waals surface area contributed by atoms with Crippen LogP contribution in [0, 0.1) is 6.42 Å². The van der Waals surface area contributed by atoms with Crippen molar-refractivity contribution < 1.29 is 107 Å². The Morgan fingerprint density at radius 1 is 0.593 bits per heavy atom. The average molecular weight is 929 g/mol. The van der Waals surface area contributed by atoms with Gasteiger partial charge in [-0.1, -0.05) is 50.0 Å². The van der Waals surface area contributed by atoms with Gasteiger partial charge in [0.15, 0.2) is 8.32 Å². The summed E-state index contributed by atoms with van der Waals surface area (Å²) in [4.78, 5) is 0. The van der Waals surface area contributed by atoms with Crippen LogP contribution in [0.5, 0.6) is 0 Å². The van der Waals surface area contributed by atoms with E-state index in [0.717, 1.165) is 19.3 Å². The van der Waals surface area contributed by atoms with Crippen LogP contribution in [-0.2, 0) is 67.7 Å². The minimum absolute atomic E-state index is 0.397. The fraction of sp³-hybridized carbons (Fsp3) is 0.682. The first-order chi connectivity index (χ1) is 23.5. The Balaban J connectivity index is 0.00000114. The molecule has 0 saturated heterocycles. The van der Waals surface area contributed by atoms with E-state index < -0.39 is 85.9 Å². The van der Waals surface area contributed by atoms with E-state index in [1.54, 1.807) is 0 Å². The van der Waals surface area contributed by atoms with Crippen molar-refractivity contribution >= 4 is 63.8 Å². The SMILES string of the molecule is C[Si](C)(C)C[CH+]CC(CCc1ccccc1)O[Si](C)(C)C.O=S(=O)(O[B-](OS(=O)(=O)C(F)(F)F)(OS(=O)(=O)C(F)(F)F)OS(=O)(=O)C(F)(F)F)C(F)(F)F. The molecule has 0 radical (unpaired) electrons. The average Bonchev–Trinajstić information content (AvgIpc) is 2.87. The Labute approximate surface area is 305 Å². The highest BCUT2D eigenvalue weighted by atomic mass is 32.2. The molecule has 0 bridgehead atoms. The van der Waals surface area contributed by atoms with Gasteiger partial charge in [-0.05, 0) is 38.0 Å². The van der Waals surface area contributed by atoms with Gasteiger partial charge < -0.3 is 20.8 Å². The van der Waals surface area contributed by atoms with Crippen LogP contribution < -0.4 is 0 Å². The second-order valence-corrected chi connectivity index (χ2v) is 29.0. The number of aryl methyl sites for hydroxylation is 1. The molecule has 54 heavy (non-hydrogen) atoms. The number of rotatable bonds is 17. The van der Waals surface area contributed by atoms with Crippen molar-refractivity contribution in [3.63, 3.8) is 0 Å². The predicted molar refractivity (Wildman–Crippen MR) is 170 cm³/mol. The third kappa shape index (κ3) is 17.6. The van der Waals surface area contributed by atoms with Gasteiger partial charge in [-0.3, -0.25) is 0 Å². The summed E-state index contributed by atoms with van der Waals surface area (Å²) in [5, 5.41) is 0. The number of hydrogen-bond donors (Lipinski definition) is 0. The molecule has 0 amide bonds. The van der Waals surface area contributed by atoms with E-state index in [4.69, 9.17) is 4.43 Å². The summed E-state index contributed by atoms with van der Waals surface area (Å²) in [5.41, 5.74) is -27.1. The highest BCUT2D eigenvalue weighted by Crippen LogP contribution is 2.39. The summed E-state index contributed by atoms with van der Waals surface area (Å²) in [6, 6.07) is 12.1. The van der Waals surface area contributed by atoms with Crippen molar-refractivity contribution in [2.24, 2.45) is 0 Å². The molecule has 32 heteroatoms. The van der Waals surface area contributed by atoms with E-state index in [1.807, 2.05) is 0 Å². The maximum Gasteiger partial charge on any atom is 0.587 e. The lowest BCUT2D eigenvalue weighted by atomic mass is 10.0. The molecule has 318 valence electrons. The second-order valence-electron chi connectivity index (χ2n) is 12.7. The molecule has 0 saturated carbocycles. The number of benzene rings is 1. The largest absolute Gasteiger partial charge is 0.587 e. The molecule has 1 atom stereocenters. The molecule has 0 aliphatic heterocycles. The number of halogens is 12. The maximum absolute atomic E-state index is 12.4. The summed E-state index contributed by atoms with van der Waals surface area (Å²) >= 11 is 0. The van der Waals surface area contributed by atoms with E-state index in [1.165, 1.54) is 11.6 Å². The van der Waals surface area contributed by atoms with Crippen LogP contribution in [0.4, 0.5) is 52.7 Å². The smallest absolute Gasteiger partial charge is 0.410 e. The van der Waals surface area contributed by atoms with Gasteiger partial charge in [-0.25, -0.2) is 0 Å². The Kier molecular flexibility index (Phi) is 17.3. The van der Waals surface area contributed by atoms with Gasteiger partial charge in [0.2, 0.25) is 0 Å². The fourth-order valence-corrected chi connectivity index (χ4v) is 8.03. The highest BCUT2D eigenvalue weighted by Gasteiger charge is 2.64. The number of hydrogen-bond acceptors (Lipinski definition) is 13. The molecule has 0 aliphatic carbocycles. The molecule has 1 rings (SSSR count). The lowest BCUT2D eigenvalue weighted by Gasteiger charge is -2.37. The standard InChI is InChI=1S/C18H33OSi2.C4BF12O12S4/c1-20(2,3)16-10-13-18(19-21(4,5)6)15-14-17-11-8-7-9-12-17;6-1(7,8)30(18,19)26-5(27-31(20,21)2(9,10)11,28-32(22,23)3(12,13)14)29-33(24,25)4(15,16)17/h7-12,18H,13-16H2,1-6H3;/q+1;-1. The summed E-state index contributed by atoms with van der Waals surface area (Å²) < 4.78 is 251. The molecular weight excluding hydrogens is 895 g/mol. The molecule has 1 unspecified atom stereocenters. The molecule has 0 aliphatic rings. The minimum atomic E-state index is -8.05. The fourth-order valence-electron chi connectivity index (χ4n) is 3.33. The van der Waals surface area contributed by atoms with Gasteiger partial charge in [-0.15, -0.1) is 0 Å². The zero-order valence-corrected chi connectivity index (χ0v) is 33.7. The third-order valence-electron chi connectivity index (χ3n) is 5.42. The molecule has 0 heterocycles. The van der Waals surface area contributed by atoms with Crippen molar-refractivity contribution in [2.75, 3.05) is 0 Å². The van der Waals surface area contributed by atoms with Crippen molar-refractivity contribution in [1.29, 1.82) is 0 Å². The normalized spacial score (nSPS) is 15.3. The van der Waals surface area contributed by atoms with Gasteiger partial charge in [0.25, 0.3) is 0 Å². The van der Waals surface area contributed by atoms with Crippen LogP contribution in [0.2, 0.25) is 45.3 Å². The lowest BCUT2D eigenvalue weighted by Crippen LogP contribution is -2.59. The van der Waals surface area contributed by atoms with Crippen LogP contribution in [-0.4, -0.2) is 85.2 Å². The van der Waals surface area contributed by atoms with Crippen molar-refractivity contribution in [3.05, 3.63) is 42.3 Å². The third-order valence-corrected chi connectivity index (χ3v) is 12.2. The van der Waals surface area contributed by atoms with E-state index in [9.17, 15) is 86.4 Å². The summed E-state index contributed by atoms with van der Waals surface area (Å²) in [5.74, 6) is 0. The topological polar surface area (TPSA) is 183 Å². The van der Waals surface area contributed by atoms with Crippen molar-refractivity contribution in [1.82, 2.24) is 0 Å². The van der Waals surface area contributed by atoms with Crippen molar-refractivity contribution in [3.8, 4) is 0 Å². The van der Waals surface area contributed by atoms with Crippen LogP contribution in [0.25, 0.3) is 0 Å². The second kappa shape index (κ2) is 17.9. The zero-order chi connectivity index (χ0) is 43.3. The first-order valence-corrected chi connectivity index (χ1v) is 27.0. The first kappa shape index (κ1) is 52.3. The van der Waals surface area contributed by atoms with Crippen LogP contribution in [0.3, 0.4) is 0 Å². The molecule has 0 fully saturated rings. The van der Waals surface area contributed by atoms with E-state index in [-0.39, 0.29) is 0 Å². The molecule has 1 aromatic rings. The molecule has 13 nitrogen and oxygen atoms in total. The van der Waals surface area contributed by atoms with Gasteiger partial charge in [0, 0.05) is 0 Å². The molecule has 0 spiro atoms. The Morgan fingerprint density at radius 2 is 0.907 bits per heavy atom. The van der Waals surface area contributed by atoms with E-state index >= 15 is 0 Å². The quantitative estimate of drug-likeness (QED) is 0.0701. The molecule has 1 aromatic carbocycles. The van der Waals surface area contributed by atoms with E-state index in [2.05, 4.69) is 92.4 Å². The van der Waals surface area contributed by atoms with Gasteiger partial charge in [0.05, 0.1) is 26.6 Å². The zero-order valence-electron chi connectivity index (χ0n) is 28.4. The summed E-state index contributed by atoms with van der Waals surface area (Å²) in [7, 11) is -34.6. The van der Waals surface area contributed by atoms with Crippen LogP contribution in [0.1, 0.15) is 18.4 Å². The summed E-state index contributed by atoms with van der Waals surface area (Å²) in [6.07, 6.45) is 6.25. The lowest BCUT2D eigenvalue weighted by molar-refractivity contribution is -0.0651. The molecule has 0 N–H and O–H groups in total. The monoisotopic (exact) mass is 928 g/mol.